The fraction of sp³-hybridized carbons (Fsp3) is 0.353. The van der Waals surface area contributed by atoms with Gasteiger partial charge in [-0.2, -0.15) is 0 Å². The Morgan fingerprint density at radius 3 is 2.42 bits per heavy atom. The van der Waals surface area contributed by atoms with Crippen molar-refractivity contribution in [3.63, 3.8) is 0 Å². The van der Waals surface area contributed by atoms with Crippen LogP contribution in [0.25, 0.3) is 0 Å². The van der Waals surface area contributed by atoms with Gasteiger partial charge in [0.1, 0.15) is 16.0 Å². The van der Waals surface area contributed by atoms with Crippen LogP contribution in [0.2, 0.25) is 0 Å². The third kappa shape index (κ3) is 3.94. The number of carbonyl (C=O) groups is 2. The van der Waals surface area contributed by atoms with E-state index in [2.05, 4.69) is 5.16 Å². The number of allylic oxidation sites excluding steroid dienone is 2. The van der Waals surface area contributed by atoms with Crippen LogP contribution in [0.15, 0.2) is 41.1 Å². The van der Waals surface area contributed by atoms with Crippen molar-refractivity contribution in [1.29, 1.82) is 0 Å². The van der Waals surface area contributed by atoms with E-state index in [1.54, 1.807) is 0 Å². The lowest BCUT2D eigenvalue weighted by Crippen LogP contribution is -2.47. The molecular formula is C17H16Cl2N2O5. The maximum atomic E-state index is 12.3. The lowest BCUT2D eigenvalue weighted by atomic mass is 9.82. The molecule has 0 fully saturated rings. The average Bonchev–Trinajstić information content (AvgIpc) is 2.58. The second-order valence-corrected chi connectivity index (χ2v) is 7.44. The van der Waals surface area contributed by atoms with Crippen LogP contribution in [-0.4, -0.2) is 32.6 Å². The first kappa shape index (κ1) is 20.1. The van der Waals surface area contributed by atoms with E-state index in [0.717, 1.165) is 0 Å². The van der Waals surface area contributed by atoms with Gasteiger partial charge in [0, 0.05) is 17.7 Å². The van der Waals surface area contributed by atoms with E-state index in [0.29, 0.717) is 5.57 Å². The molecule has 0 spiro atoms. The zero-order chi connectivity index (χ0) is 19.6. The highest BCUT2D eigenvalue weighted by atomic mass is 35.5. The smallest absolute Gasteiger partial charge is 0.312 e. The normalized spacial score (nSPS) is 24.5. The van der Waals surface area contributed by atoms with Gasteiger partial charge in [0.15, 0.2) is 5.78 Å². The van der Waals surface area contributed by atoms with E-state index in [4.69, 9.17) is 28.0 Å². The number of nitro groups is 1. The Morgan fingerprint density at radius 2 is 1.92 bits per heavy atom. The minimum absolute atomic E-state index is 0.0820. The Kier molecular flexibility index (Phi) is 5.83. The first-order valence-corrected chi connectivity index (χ1v) is 8.50. The summed E-state index contributed by atoms with van der Waals surface area (Å²) in [6.45, 7) is 5.16. The molecule has 0 N–H and O–H groups in total. The number of ketones is 1. The first-order chi connectivity index (χ1) is 12.1. The van der Waals surface area contributed by atoms with Gasteiger partial charge in [0.05, 0.1) is 10.5 Å². The maximum Gasteiger partial charge on any atom is 0.365 e. The van der Waals surface area contributed by atoms with Crippen molar-refractivity contribution in [2.24, 2.45) is 11.1 Å². The molecule has 2 atom stereocenters. The molecule has 1 aromatic rings. The quantitative estimate of drug-likeness (QED) is 0.331. The molecule has 7 nitrogen and oxygen atoms in total. The van der Waals surface area contributed by atoms with Gasteiger partial charge < -0.3 is 4.84 Å². The molecule has 0 radical (unpaired) electrons. The van der Waals surface area contributed by atoms with E-state index >= 15 is 0 Å². The lowest BCUT2D eigenvalue weighted by molar-refractivity contribution is -0.384. The number of nitrogens with zero attached hydrogens (tertiary/aromatic N) is 2. The number of nitro benzene ring substituents is 1. The Balaban J connectivity index is 2.28. The van der Waals surface area contributed by atoms with Gasteiger partial charge in [0.25, 0.3) is 5.69 Å². The molecule has 0 bridgehead atoms. The Bertz CT molecular complexity index is 813. The van der Waals surface area contributed by atoms with Crippen molar-refractivity contribution in [3.05, 3.63) is 51.6 Å². The molecule has 1 aromatic carbocycles. The van der Waals surface area contributed by atoms with Crippen LogP contribution in [0.5, 0.6) is 0 Å². The van der Waals surface area contributed by atoms with Gasteiger partial charge in [-0.05, 0) is 31.1 Å². The van der Waals surface area contributed by atoms with Crippen molar-refractivity contribution in [3.8, 4) is 0 Å². The summed E-state index contributed by atoms with van der Waals surface area (Å²) in [6, 6.07) is 4.87. The molecule has 0 amide bonds. The van der Waals surface area contributed by atoms with Crippen LogP contribution in [0.1, 0.15) is 31.1 Å². The highest BCUT2D eigenvalue weighted by Gasteiger charge is 2.45. The number of rotatable bonds is 4. The number of benzene rings is 1. The molecule has 0 saturated heterocycles. The molecular weight excluding hydrogens is 383 g/mol. The number of Topliss-reactive ketones (excluding diaryl/α,β-unsaturated/α-hetero) is 1. The van der Waals surface area contributed by atoms with Crippen LogP contribution >= 0.6 is 23.2 Å². The number of hydrogen-bond acceptors (Lipinski definition) is 6. The molecule has 0 aromatic heterocycles. The van der Waals surface area contributed by atoms with Crippen LogP contribution in [0.4, 0.5) is 5.69 Å². The standard InChI is InChI=1S/C17H16Cl2N2O5/c1-9(2)12-8-13(17(3,19)15(18)14(12)22)20-26-16(23)10-4-6-11(7-5-10)21(24)25/h4-9,15H,1-3H3. The van der Waals surface area contributed by atoms with Crippen molar-refractivity contribution in [2.45, 2.75) is 31.0 Å². The third-order valence-electron chi connectivity index (χ3n) is 3.95. The van der Waals surface area contributed by atoms with Gasteiger partial charge >= 0.3 is 5.97 Å². The topological polar surface area (TPSA) is 98.9 Å². The molecule has 0 heterocycles. The fourth-order valence-electron chi connectivity index (χ4n) is 2.31. The van der Waals surface area contributed by atoms with E-state index < -0.39 is 21.1 Å². The number of hydrogen-bond donors (Lipinski definition) is 0. The Morgan fingerprint density at radius 1 is 1.35 bits per heavy atom. The number of halogens is 2. The molecule has 138 valence electrons. The fourth-order valence-corrected chi connectivity index (χ4v) is 2.74. The molecule has 0 aliphatic heterocycles. The zero-order valence-corrected chi connectivity index (χ0v) is 15.7. The van der Waals surface area contributed by atoms with Crippen molar-refractivity contribution >= 4 is 46.4 Å². The summed E-state index contributed by atoms with van der Waals surface area (Å²) < 4.78 is 0. The summed E-state index contributed by atoms with van der Waals surface area (Å²) >= 11 is 12.5. The summed E-state index contributed by atoms with van der Waals surface area (Å²) in [5.41, 5.74) is 0.520. The van der Waals surface area contributed by atoms with Gasteiger partial charge in [-0.3, -0.25) is 14.9 Å². The maximum absolute atomic E-state index is 12.3. The predicted octanol–water partition coefficient (Wildman–Crippen LogP) is 3.88. The number of non-ortho nitro benzene ring substituents is 1. The van der Waals surface area contributed by atoms with E-state index in [-0.39, 0.29) is 28.7 Å². The molecule has 1 aliphatic carbocycles. The van der Waals surface area contributed by atoms with Gasteiger partial charge in [-0.15, -0.1) is 23.2 Å². The van der Waals surface area contributed by atoms with E-state index in [1.807, 2.05) is 13.8 Å². The van der Waals surface area contributed by atoms with Gasteiger partial charge in [0.2, 0.25) is 0 Å². The van der Waals surface area contributed by atoms with Crippen molar-refractivity contribution in [2.75, 3.05) is 0 Å². The van der Waals surface area contributed by atoms with E-state index in [9.17, 15) is 19.7 Å². The van der Waals surface area contributed by atoms with Crippen molar-refractivity contribution < 1.29 is 19.3 Å². The molecule has 9 heteroatoms. The number of carbonyl (C=O) groups excluding carboxylic acids is 2. The largest absolute Gasteiger partial charge is 0.365 e. The molecule has 0 saturated carbocycles. The Hall–Kier alpha value is -2.25. The third-order valence-corrected chi connectivity index (χ3v) is 5.10. The highest BCUT2D eigenvalue weighted by molar-refractivity contribution is 6.51. The second-order valence-electron chi connectivity index (χ2n) is 6.22. The van der Waals surface area contributed by atoms with E-state index in [1.165, 1.54) is 37.3 Å². The first-order valence-electron chi connectivity index (χ1n) is 7.68. The highest BCUT2D eigenvalue weighted by Crippen LogP contribution is 2.35. The van der Waals surface area contributed by atoms with Gasteiger partial charge in [-0.25, -0.2) is 4.79 Å². The van der Waals surface area contributed by atoms with Crippen molar-refractivity contribution in [1.82, 2.24) is 0 Å². The number of oxime groups is 1. The molecule has 1 aliphatic rings. The molecule has 26 heavy (non-hydrogen) atoms. The Labute approximate surface area is 159 Å². The summed E-state index contributed by atoms with van der Waals surface area (Å²) in [6.07, 6.45) is 1.47. The SMILES string of the molecule is CC(C)C1=CC(=NOC(=O)c2ccc([N+](=O)[O-])cc2)C(C)(Cl)C(Cl)C1=O. The lowest BCUT2D eigenvalue weighted by Gasteiger charge is -2.32. The molecule has 2 rings (SSSR count). The minimum Gasteiger partial charge on any atom is -0.312 e. The minimum atomic E-state index is -1.34. The van der Waals surface area contributed by atoms with Crippen LogP contribution in [0, 0.1) is 16.0 Å². The van der Waals surface area contributed by atoms with Crippen LogP contribution in [-0.2, 0) is 9.63 Å². The predicted molar refractivity (Wildman–Crippen MR) is 97.8 cm³/mol. The zero-order valence-electron chi connectivity index (χ0n) is 14.2. The summed E-state index contributed by atoms with van der Waals surface area (Å²) in [5.74, 6) is -1.21. The van der Waals surface area contributed by atoms with Gasteiger partial charge in [-0.1, -0.05) is 19.0 Å². The second kappa shape index (κ2) is 7.55. The summed E-state index contributed by atoms with van der Waals surface area (Å²) in [5, 5.41) is 13.4. The average molecular weight is 399 g/mol. The molecule has 2 unspecified atom stereocenters. The van der Waals surface area contributed by atoms with Crippen LogP contribution in [0.3, 0.4) is 0 Å². The van der Waals surface area contributed by atoms with Crippen LogP contribution < -0.4 is 0 Å². The number of alkyl halides is 2. The summed E-state index contributed by atoms with van der Waals surface area (Å²) in [7, 11) is 0. The summed E-state index contributed by atoms with van der Waals surface area (Å²) in [4.78, 5) is 38.0. The monoisotopic (exact) mass is 398 g/mol.